The predicted molar refractivity (Wildman–Crippen MR) is 86.3 cm³/mol. The van der Waals surface area contributed by atoms with Crippen LogP contribution in [-0.4, -0.2) is 46.3 Å². The van der Waals surface area contributed by atoms with Gasteiger partial charge in [0.05, 0.1) is 11.1 Å². The Bertz CT molecular complexity index is 754. The lowest BCUT2D eigenvalue weighted by Gasteiger charge is -2.40. The Balaban J connectivity index is 2.15. The molecule has 1 unspecified atom stereocenters. The van der Waals surface area contributed by atoms with Crippen LogP contribution in [0.15, 0.2) is 24.5 Å². The van der Waals surface area contributed by atoms with Crippen molar-refractivity contribution in [1.82, 2.24) is 14.8 Å². The molecular weight excluding hydrogens is 399 g/mol. The summed E-state index contributed by atoms with van der Waals surface area (Å²) < 4.78 is 63.2. The van der Waals surface area contributed by atoms with Crippen molar-refractivity contribution in [2.45, 2.75) is 49.3 Å². The van der Waals surface area contributed by atoms with Gasteiger partial charge in [0, 0.05) is 18.4 Å². The van der Waals surface area contributed by atoms with E-state index in [-0.39, 0.29) is 18.4 Å². The molecule has 1 aromatic rings. The lowest BCUT2D eigenvalue weighted by Crippen LogP contribution is -2.58. The molecule has 0 aliphatic heterocycles. The number of carbonyl (C=O) groups is 1. The van der Waals surface area contributed by atoms with Crippen molar-refractivity contribution < 1.29 is 31.2 Å². The standard InChI is InChI=1S/C14H17ClF3N3O4S/c1-13(2,21(10-5-6-10)26(23,24)14(16,17)18)12(15)25-20-11(22)9-4-3-7-19-8-9/h3-4,7-8,10,12H,5-6H2,1-2H3,(H,20,22). The van der Waals surface area contributed by atoms with Crippen LogP contribution in [0.25, 0.3) is 0 Å². The monoisotopic (exact) mass is 415 g/mol. The lowest BCUT2D eigenvalue weighted by molar-refractivity contribution is -0.0635. The van der Waals surface area contributed by atoms with E-state index in [1.54, 1.807) is 0 Å². The number of amides is 1. The Morgan fingerprint density at radius 1 is 1.42 bits per heavy atom. The number of hydroxylamine groups is 1. The summed E-state index contributed by atoms with van der Waals surface area (Å²) in [4.78, 5) is 20.6. The minimum Gasteiger partial charge on any atom is -0.267 e. The van der Waals surface area contributed by atoms with Crippen molar-refractivity contribution in [3.63, 3.8) is 0 Å². The van der Waals surface area contributed by atoms with Gasteiger partial charge in [-0.25, -0.2) is 13.9 Å². The molecule has 0 spiro atoms. The molecule has 1 aromatic heterocycles. The molecular formula is C14H17ClF3N3O4S. The molecule has 0 radical (unpaired) electrons. The Morgan fingerprint density at radius 3 is 2.50 bits per heavy atom. The highest BCUT2D eigenvalue weighted by atomic mass is 35.5. The maximum absolute atomic E-state index is 13.0. The normalized spacial score (nSPS) is 17.2. The third-order valence-electron chi connectivity index (χ3n) is 3.73. The fraction of sp³-hybridized carbons (Fsp3) is 0.571. The quantitative estimate of drug-likeness (QED) is 0.545. The van der Waals surface area contributed by atoms with E-state index >= 15 is 0 Å². The molecule has 0 saturated heterocycles. The summed E-state index contributed by atoms with van der Waals surface area (Å²) in [6.45, 7) is 2.39. The largest absolute Gasteiger partial charge is 0.511 e. The number of hydrogen-bond acceptors (Lipinski definition) is 5. The molecule has 7 nitrogen and oxygen atoms in total. The summed E-state index contributed by atoms with van der Waals surface area (Å²) in [6, 6.07) is 2.11. The van der Waals surface area contributed by atoms with Gasteiger partial charge in [0.1, 0.15) is 0 Å². The van der Waals surface area contributed by atoms with E-state index < -0.39 is 38.6 Å². The van der Waals surface area contributed by atoms with Crippen LogP contribution in [0.3, 0.4) is 0 Å². The summed E-state index contributed by atoms with van der Waals surface area (Å²) in [5.41, 5.74) is -6.70. The smallest absolute Gasteiger partial charge is 0.267 e. The highest BCUT2D eigenvalue weighted by Gasteiger charge is 2.59. The Kier molecular flexibility index (Phi) is 5.86. The van der Waals surface area contributed by atoms with E-state index in [0.29, 0.717) is 4.31 Å². The number of rotatable bonds is 7. The van der Waals surface area contributed by atoms with Crippen LogP contribution in [0, 0.1) is 0 Å². The Labute approximate surface area is 153 Å². The summed E-state index contributed by atoms with van der Waals surface area (Å²) in [5, 5.41) is 0. The van der Waals surface area contributed by atoms with Gasteiger partial charge in [-0.2, -0.15) is 17.5 Å². The molecule has 1 N–H and O–H groups in total. The Morgan fingerprint density at radius 2 is 2.04 bits per heavy atom. The van der Waals surface area contributed by atoms with Crippen LogP contribution in [-0.2, 0) is 14.9 Å². The molecule has 1 saturated carbocycles. The van der Waals surface area contributed by atoms with Gasteiger partial charge in [-0.15, -0.1) is 0 Å². The van der Waals surface area contributed by atoms with Crippen molar-refractivity contribution in [1.29, 1.82) is 0 Å². The fourth-order valence-corrected chi connectivity index (χ4v) is 4.05. The van der Waals surface area contributed by atoms with Crippen molar-refractivity contribution in [3.05, 3.63) is 30.1 Å². The second-order valence-corrected chi connectivity index (χ2v) is 8.44. The third-order valence-corrected chi connectivity index (χ3v) is 6.23. The first-order chi connectivity index (χ1) is 11.9. The number of halogens is 4. The van der Waals surface area contributed by atoms with Crippen LogP contribution in [0.1, 0.15) is 37.0 Å². The van der Waals surface area contributed by atoms with Gasteiger partial charge < -0.3 is 0 Å². The van der Waals surface area contributed by atoms with E-state index in [1.165, 1.54) is 38.4 Å². The maximum Gasteiger partial charge on any atom is 0.511 e. The van der Waals surface area contributed by atoms with E-state index in [0.717, 1.165) is 0 Å². The van der Waals surface area contributed by atoms with Crippen molar-refractivity contribution >= 4 is 27.5 Å². The summed E-state index contributed by atoms with van der Waals surface area (Å²) in [7, 11) is -5.62. The topological polar surface area (TPSA) is 88.6 Å². The number of aromatic nitrogens is 1. The Hall–Kier alpha value is -1.43. The number of nitrogens with zero attached hydrogens (tertiary/aromatic N) is 2. The summed E-state index contributed by atoms with van der Waals surface area (Å²) in [6.07, 6.45) is 3.26. The van der Waals surface area contributed by atoms with Gasteiger partial charge in [0.15, 0.2) is 5.56 Å². The molecule has 1 aliphatic carbocycles. The summed E-state index contributed by atoms with van der Waals surface area (Å²) in [5.74, 6) is -0.726. The lowest BCUT2D eigenvalue weighted by atomic mass is 10.1. The van der Waals surface area contributed by atoms with Gasteiger partial charge in [0.25, 0.3) is 5.91 Å². The zero-order chi connectivity index (χ0) is 19.8. The van der Waals surface area contributed by atoms with Crippen molar-refractivity contribution in [2.24, 2.45) is 0 Å². The zero-order valence-electron chi connectivity index (χ0n) is 13.8. The molecule has 0 aromatic carbocycles. The second kappa shape index (κ2) is 7.29. The number of carbonyl (C=O) groups excluding carboxylic acids is 1. The summed E-state index contributed by atoms with van der Waals surface area (Å²) >= 11 is 6.00. The molecule has 26 heavy (non-hydrogen) atoms. The van der Waals surface area contributed by atoms with E-state index in [4.69, 9.17) is 16.4 Å². The molecule has 2 rings (SSSR count). The highest BCUT2D eigenvalue weighted by molar-refractivity contribution is 7.90. The minimum absolute atomic E-state index is 0.135. The van der Waals surface area contributed by atoms with Gasteiger partial charge in [0.2, 0.25) is 0 Å². The van der Waals surface area contributed by atoms with Crippen molar-refractivity contribution in [3.8, 4) is 0 Å². The van der Waals surface area contributed by atoms with Crippen LogP contribution in [0.4, 0.5) is 13.2 Å². The number of alkyl halides is 4. The van der Waals surface area contributed by atoms with Crippen LogP contribution in [0.2, 0.25) is 0 Å². The molecule has 1 heterocycles. The third kappa shape index (κ3) is 4.27. The molecule has 12 heteroatoms. The van der Waals surface area contributed by atoms with Crippen molar-refractivity contribution in [2.75, 3.05) is 0 Å². The predicted octanol–water partition coefficient (Wildman–Crippen LogP) is 2.40. The zero-order valence-corrected chi connectivity index (χ0v) is 15.4. The van der Waals surface area contributed by atoms with E-state index in [1.807, 2.05) is 5.48 Å². The number of hydrogen-bond donors (Lipinski definition) is 1. The highest BCUT2D eigenvalue weighted by Crippen LogP contribution is 2.43. The first-order valence-electron chi connectivity index (χ1n) is 7.50. The minimum atomic E-state index is -5.62. The first-order valence-corrected chi connectivity index (χ1v) is 9.37. The van der Waals surface area contributed by atoms with Gasteiger partial charge in [-0.1, -0.05) is 11.6 Å². The fourth-order valence-electron chi connectivity index (χ4n) is 2.30. The molecule has 1 atom stereocenters. The average Bonchev–Trinajstić information content (AvgIpc) is 3.36. The SMILES string of the molecule is CC(C)(C(Cl)ONC(=O)c1cccnc1)N(C1CC1)S(=O)(=O)C(F)(F)F. The van der Waals surface area contributed by atoms with Gasteiger partial charge >= 0.3 is 15.5 Å². The second-order valence-electron chi connectivity index (χ2n) is 6.24. The first kappa shape index (κ1) is 20.9. The number of pyridine rings is 1. The maximum atomic E-state index is 13.0. The average molecular weight is 416 g/mol. The van der Waals surface area contributed by atoms with Crippen LogP contribution < -0.4 is 5.48 Å². The van der Waals surface area contributed by atoms with Crippen LogP contribution >= 0.6 is 11.6 Å². The molecule has 0 bridgehead atoms. The van der Waals surface area contributed by atoms with Gasteiger partial charge in [-0.05, 0) is 38.8 Å². The van der Waals surface area contributed by atoms with Crippen LogP contribution in [0.5, 0.6) is 0 Å². The van der Waals surface area contributed by atoms with E-state index in [2.05, 4.69) is 4.98 Å². The molecule has 1 aliphatic rings. The van der Waals surface area contributed by atoms with E-state index in [9.17, 15) is 26.4 Å². The molecule has 1 amide bonds. The number of nitrogens with one attached hydrogen (secondary N) is 1. The number of sulfonamides is 1. The van der Waals surface area contributed by atoms with Gasteiger partial charge in [-0.3, -0.25) is 14.6 Å². The molecule has 146 valence electrons. The molecule has 1 fully saturated rings.